The molecule has 1 atom stereocenters. The summed E-state index contributed by atoms with van der Waals surface area (Å²) in [5, 5.41) is 20.8. The SMILES string of the molecule is CCC(NC(=O)Nc1nncs1)C(=O)O. The Kier molecular flexibility index (Phi) is 3.98. The molecule has 0 radical (unpaired) electrons. The van der Waals surface area contributed by atoms with E-state index in [-0.39, 0.29) is 0 Å². The molecule has 8 heteroatoms. The first-order valence-corrected chi connectivity index (χ1v) is 5.08. The van der Waals surface area contributed by atoms with E-state index in [1.807, 2.05) is 0 Å². The van der Waals surface area contributed by atoms with E-state index in [2.05, 4.69) is 20.8 Å². The fourth-order valence-electron chi connectivity index (χ4n) is 0.857. The summed E-state index contributed by atoms with van der Waals surface area (Å²) in [7, 11) is 0. The van der Waals surface area contributed by atoms with Crippen LogP contribution < -0.4 is 10.6 Å². The van der Waals surface area contributed by atoms with Crippen molar-refractivity contribution in [3.05, 3.63) is 5.51 Å². The number of hydrogen-bond donors (Lipinski definition) is 3. The van der Waals surface area contributed by atoms with Crippen molar-refractivity contribution in [3.63, 3.8) is 0 Å². The molecule has 0 saturated carbocycles. The van der Waals surface area contributed by atoms with Gasteiger partial charge in [-0.1, -0.05) is 18.3 Å². The number of hydrogen-bond acceptors (Lipinski definition) is 5. The van der Waals surface area contributed by atoms with E-state index in [0.717, 1.165) is 11.3 Å². The molecule has 1 unspecified atom stereocenters. The smallest absolute Gasteiger partial charge is 0.326 e. The Labute approximate surface area is 89.5 Å². The Hall–Kier alpha value is -1.70. The number of aliphatic carboxylic acids is 1. The second-order valence-electron chi connectivity index (χ2n) is 2.64. The summed E-state index contributed by atoms with van der Waals surface area (Å²) in [5.74, 6) is -1.06. The van der Waals surface area contributed by atoms with Crippen molar-refractivity contribution in [1.29, 1.82) is 0 Å². The van der Waals surface area contributed by atoms with Crippen molar-refractivity contribution >= 4 is 28.5 Å². The molecule has 1 rings (SSSR count). The maximum Gasteiger partial charge on any atom is 0.326 e. The van der Waals surface area contributed by atoms with Gasteiger partial charge < -0.3 is 10.4 Å². The van der Waals surface area contributed by atoms with Crippen LogP contribution in [-0.4, -0.2) is 33.3 Å². The standard InChI is InChI=1S/C7H10N4O3S/c1-2-4(5(12)13)9-6(14)10-7-11-8-3-15-7/h3-4H,2H2,1H3,(H,12,13)(H2,9,10,11,14). The third kappa shape index (κ3) is 3.50. The predicted molar refractivity (Wildman–Crippen MR) is 53.8 cm³/mol. The largest absolute Gasteiger partial charge is 0.480 e. The normalized spacial score (nSPS) is 11.8. The average Bonchev–Trinajstić information content (AvgIpc) is 2.66. The van der Waals surface area contributed by atoms with Gasteiger partial charge >= 0.3 is 12.0 Å². The Morgan fingerprint density at radius 1 is 1.67 bits per heavy atom. The zero-order chi connectivity index (χ0) is 11.3. The number of amides is 2. The lowest BCUT2D eigenvalue weighted by atomic mass is 10.2. The highest BCUT2D eigenvalue weighted by atomic mass is 32.1. The molecule has 0 aliphatic heterocycles. The number of urea groups is 1. The first kappa shape index (κ1) is 11.4. The molecule has 0 aromatic carbocycles. The van der Waals surface area contributed by atoms with Crippen LogP contribution in [-0.2, 0) is 4.79 Å². The van der Waals surface area contributed by atoms with Gasteiger partial charge in [0.15, 0.2) is 0 Å². The molecule has 0 fully saturated rings. The summed E-state index contributed by atoms with van der Waals surface area (Å²) in [4.78, 5) is 21.8. The quantitative estimate of drug-likeness (QED) is 0.699. The fraction of sp³-hybridized carbons (Fsp3) is 0.429. The van der Waals surface area contributed by atoms with E-state index in [1.54, 1.807) is 6.92 Å². The molecular weight excluding hydrogens is 220 g/mol. The molecule has 82 valence electrons. The number of aromatic nitrogens is 2. The van der Waals surface area contributed by atoms with Crippen LogP contribution in [0.5, 0.6) is 0 Å². The lowest BCUT2D eigenvalue weighted by molar-refractivity contribution is -0.139. The Bertz CT molecular complexity index is 340. The highest BCUT2D eigenvalue weighted by Crippen LogP contribution is 2.07. The van der Waals surface area contributed by atoms with Gasteiger partial charge in [0.25, 0.3) is 0 Å². The molecule has 1 heterocycles. The molecule has 15 heavy (non-hydrogen) atoms. The monoisotopic (exact) mass is 230 g/mol. The Morgan fingerprint density at radius 3 is 2.87 bits per heavy atom. The highest BCUT2D eigenvalue weighted by molar-refractivity contribution is 7.13. The number of carboxylic acids is 1. The number of nitrogens with zero attached hydrogens (tertiary/aromatic N) is 2. The molecule has 3 N–H and O–H groups in total. The first-order valence-electron chi connectivity index (χ1n) is 4.20. The van der Waals surface area contributed by atoms with E-state index in [1.165, 1.54) is 5.51 Å². The minimum absolute atomic E-state index is 0.318. The third-order valence-corrected chi connectivity index (χ3v) is 2.20. The Morgan fingerprint density at radius 2 is 2.40 bits per heavy atom. The summed E-state index contributed by atoms with van der Waals surface area (Å²) >= 11 is 1.15. The summed E-state index contributed by atoms with van der Waals surface area (Å²) in [6.45, 7) is 1.67. The number of carboxylic acid groups (broad SMARTS) is 1. The lowest BCUT2D eigenvalue weighted by Gasteiger charge is -2.11. The van der Waals surface area contributed by atoms with Crippen LogP contribution in [0.1, 0.15) is 13.3 Å². The van der Waals surface area contributed by atoms with E-state index < -0.39 is 18.0 Å². The number of carbonyl (C=O) groups is 2. The van der Waals surface area contributed by atoms with Crippen LogP contribution in [0.25, 0.3) is 0 Å². The molecule has 0 aliphatic rings. The van der Waals surface area contributed by atoms with Gasteiger partial charge in [0.1, 0.15) is 11.6 Å². The van der Waals surface area contributed by atoms with Crippen LogP contribution in [0, 0.1) is 0 Å². The highest BCUT2D eigenvalue weighted by Gasteiger charge is 2.17. The minimum Gasteiger partial charge on any atom is -0.480 e. The van der Waals surface area contributed by atoms with E-state index in [0.29, 0.717) is 11.6 Å². The zero-order valence-electron chi connectivity index (χ0n) is 7.93. The van der Waals surface area contributed by atoms with Gasteiger partial charge in [-0.15, -0.1) is 10.2 Å². The number of carbonyl (C=O) groups excluding carboxylic acids is 1. The Balaban J connectivity index is 2.45. The van der Waals surface area contributed by atoms with Gasteiger partial charge in [0.05, 0.1) is 0 Å². The van der Waals surface area contributed by atoms with Gasteiger partial charge in [0, 0.05) is 0 Å². The van der Waals surface area contributed by atoms with Gasteiger partial charge in [-0.25, -0.2) is 9.59 Å². The van der Waals surface area contributed by atoms with Crippen LogP contribution in [0.15, 0.2) is 5.51 Å². The molecule has 1 aromatic rings. The number of anilines is 1. The molecule has 2 amide bonds. The summed E-state index contributed by atoms with van der Waals surface area (Å²) in [5.41, 5.74) is 1.46. The third-order valence-electron chi connectivity index (χ3n) is 1.59. The lowest BCUT2D eigenvalue weighted by Crippen LogP contribution is -2.42. The molecule has 0 bridgehead atoms. The van der Waals surface area contributed by atoms with E-state index in [9.17, 15) is 9.59 Å². The number of rotatable bonds is 4. The van der Waals surface area contributed by atoms with Crippen molar-refractivity contribution in [2.45, 2.75) is 19.4 Å². The van der Waals surface area contributed by atoms with Crippen LogP contribution >= 0.6 is 11.3 Å². The van der Waals surface area contributed by atoms with Gasteiger partial charge in [-0.3, -0.25) is 5.32 Å². The molecule has 0 spiro atoms. The van der Waals surface area contributed by atoms with Crippen LogP contribution in [0.4, 0.5) is 9.93 Å². The first-order chi connectivity index (χ1) is 7.13. The van der Waals surface area contributed by atoms with Gasteiger partial charge in [-0.2, -0.15) is 0 Å². The zero-order valence-corrected chi connectivity index (χ0v) is 8.74. The second kappa shape index (κ2) is 5.25. The van der Waals surface area contributed by atoms with Crippen LogP contribution in [0.2, 0.25) is 0 Å². The minimum atomic E-state index is -1.06. The van der Waals surface area contributed by atoms with Gasteiger partial charge in [-0.05, 0) is 6.42 Å². The molecular formula is C7H10N4O3S. The van der Waals surface area contributed by atoms with Crippen molar-refractivity contribution in [3.8, 4) is 0 Å². The van der Waals surface area contributed by atoms with Crippen molar-refractivity contribution in [2.75, 3.05) is 5.32 Å². The van der Waals surface area contributed by atoms with Crippen molar-refractivity contribution in [2.24, 2.45) is 0 Å². The molecule has 0 aliphatic carbocycles. The number of nitrogens with one attached hydrogen (secondary N) is 2. The van der Waals surface area contributed by atoms with Crippen molar-refractivity contribution in [1.82, 2.24) is 15.5 Å². The van der Waals surface area contributed by atoms with E-state index in [4.69, 9.17) is 5.11 Å². The van der Waals surface area contributed by atoms with Crippen molar-refractivity contribution < 1.29 is 14.7 Å². The molecule has 1 aromatic heterocycles. The topological polar surface area (TPSA) is 104 Å². The maximum atomic E-state index is 11.2. The summed E-state index contributed by atoms with van der Waals surface area (Å²) < 4.78 is 0. The fourth-order valence-corrected chi connectivity index (χ4v) is 1.30. The average molecular weight is 230 g/mol. The second-order valence-corrected chi connectivity index (χ2v) is 3.47. The summed E-state index contributed by atoms with van der Waals surface area (Å²) in [6.07, 6.45) is 0.318. The van der Waals surface area contributed by atoms with E-state index >= 15 is 0 Å². The summed E-state index contributed by atoms with van der Waals surface area (Å²) in [6, 6.07) is -1.49. The molecule has 0 saturated heterocycles. The van der Waals surface area contributed by atoms with Gasteiger partial charge in [0.2, 0.25) is 5.13 Å². The predicted octanol–water partition coefficient (Wildman–Crippen LogP) is 0.523. The molecule has 7 nitrogen and oxygen atoms in total. The van der Waals surface area contributed by atoms with Crippen LogP contribution in [0.3, 0.4) is 0 Å². The maximum absolute atomic E-state index is 11.2.